The van der Waals surface area contributed by atoms with Crippen LogP contribution in [0.1, 0.15) is 22.8 Å². The Hall–Kier alpha value is -2.05. The normalized spacial score (nSPS) is 12.7. The van der Waals surface area contributed by atoms with E-state index in [1.54, 1.807) is 30.3 Å². The molecule has 0 aliphatic carbocycles. The summed E-state index contributed by atoms with van der Waals surface area (Å²) < 4.78 is 48.9. The molecule has 1 atom stereocenters. The van der Waals surface area contributed by atoms with Crippen LogP contribution in [-0.4, -0.2) is 19.7 Å². The first-order valence-corrected chi connectivity index (χ1v) is 7.30. The average molecular weight is 359 g/mol. The van der Waals surface area contributed by atoms with Gasteiger partial charge in [0.05, 0.1) is 12.7 Å². The van der Waals surface area contributed by atoms with Crippen LogP contribution in [0.25, 0.3) is 0 Å². The molecule has 24 heavy (non-hydrogen) atoms. The SMILES string of the molecule is COC(=O)COC(c1ccccc1)c1cc(C(F)(F)F)ccc1Cl. The van der Waals surface area contributed by atoms with Crippen molar-refractivity contribution in [3.8, 4) is 0 Å². The lowest BCUT2D eigenvalue weighted by Crippen LogP contribution is -2.16. The zero-order valence-electron chi connectivity index (χ0n) is 12.6. The van der Waals surface area contributed by atoms with Crippen LogP contribution in [0.2, 0.25) is 5.02 Å². The van der Waals surface area contributed by atoms with Crippen LogP contribution in [0.3, 0.4) is 0 Å². The lowest BCUT2D eigenvalue weighted by Gasteiger charge is -2.21. The molecule has 0 bridgehead atoms. The van der Waals surface area contributed by atoms with Gasteiger partial charge in [-0.1, -0.05) is 41.9 Å². The fraction of sp³-hybridized carbons (Fsp3) is 0.235. The molecule has 2 aromatic carbocycles. The molecule has 0 aromatic heterocycles. The molecule has 1 unspecified atom stereocenters. The van der Waals surface area contributed by atoms with Crippen LogP contribution in [0.4, 0.5) is 13.2 Å². The summed E-state index contributed by atoms with van der Waals surface area (Å²) in [5, 5.41) is 0.113. The number of ether oxygens (including phenoxy) is 2. The highest BCUT2D eigenvalue weighted by atomic mass is 35.5. The van der Waals surface area contributed by atoms with Crippen molar-refractivity contribution >= 4 is 17.6 Å². The first kappa shape index (κ1) is 18.3. The Balaban J connectivity index is 2.45. The van der Waals surface area contributed by atoms with E-state index in [0.717, 1.165) is 18.2 Å². The maximum atomic E-state index is 13.0. The van der Waals surface area contributed by atoms with E-state index < -0.39 is 30.4 Å². The number of rotatable bonds is 5. The van der Waals surface area contributed by atoms with Crippen LogP contribution in [-0.2, 0) is 20.4 Å². The number of hydrogen-bond acceptors (Lipinski definition) is 3. The van der Waals surface area contributed by atoms with Crippen molar-refractivity contribution in [3.05, 3.63) is 70.2 Å². The summed E-state index contributed by atoms with van der Waals surface area (Å²) in [6.45, 7) is -0.414. The van der Waals surface area contributed by atoms with Gasteiger partial charge in [-0.05, 0) is 23.8 Å². The highest BCUT2D eigenvalue weighted by Crippen LogP contribution is 2.37. The van der Waals surface area contributed by atoms with Crippen molar-refractivity contribution < 1.29 is 27.4 Å². The van der Waals surface area contributed by atoms with Crippen molar-refractivity contribution in [3.63, 3.8) is 0 Å². The van der Waals surface area contributed by atoms with Gasteiger partial charge in [0.1, 0.15) is 12.7 Å². The van der Waals surface area contributed by atoms with E-state index in [0.29, 0.717) is 5.56 Å². The molecule has 128 valence electrons. The topological polar surface area (TPSA) is 35.5 Å². The minimum Gasteiger partial charge on any atom is -0.467 e. The number of methoxy groups -OCH3 is 1. The molecule has 7 heteroatoms. The summed E-state index contributed by atoms with van der Waals surface area (Å²) in [7, 11) is 1.19. The molecule has 3 nitrogen and oxygen atoms in total. The van der Waals surface area contributed by atoms with E-state index in [9.17, 15) is 18.0 Å². The third kappa shape index (κ3) is 4.49. The highest BCUT2D eigenvalue weighted by molar-refractivity contribution is 6.31. The molecule has 0 saturated carbocycles. The van der Waals surface area contributed by atoms with Crippen LogP contribution < -0.4 is 0 Å². The fourth-order valence-electron chi connectivity index (χ4n) is 2.12. The minimum atomic E-state index is -4.51. The van der Waals surface area contributed by atoms with Crippen LogP contribution in [0.5, 0.6) is 0 Å². The molecule has 0 saturated heterocycles. The Labute approximate surface area is 142 Å². The monoisotopic (exact) mass is 358 g/mol. The number of benzene rings is 2. The van der Waals surface area contributed by atoms with E-state index in [4.69, 9.17) is 16.3 Å². The van der Waals surface area contributed by atoms with Crippen molar-refractivity contribution in [1.82, 2.24) is 0 Å². The largest absolute Gasteiger partial charge is 0.467 e. The third-order valence-electron chi connectivity index (χ3n) is 3.30. The van der Waals surface area contributed by atoms with E-state index >= 15 is 0 Å². The second-order valence-electron chi connectivity index (χ2n) is 4.91. The lowest BCUT2D eigenvalue weighted by atomic mass is 9.99. The maximum Gasteiger partial charge on any atom is 0.416 e. The Bertz CT molecular complexity index is 702. The first-order chi connectivity index (χ1) is 11.3. The molecule has 2 rings (SSSR count). The van der Waals surface area contributed by atoms with Gasteiger partial charge in [0.15, 0.2) is 0 Å². The lowest BCUT2D eigenvalue weighted by molar-refractivity contribution is -0.147. The van der Waals surface area contributed by atoms with Gasteiger partial charge in [-0.3, -0.25) is 0 Å². The predicted molar refractivity (Wildman–Crippen MR) is 82.7 cm³/mol. The van der Waals surface area contributed by atoms with E-state index in [-0.39, 0.29) is 10.6 Å². The molecule has 0 heterocycles. The first-order valence-electron chi connectivity index (χ1n) is 6.93. The minimum absolute atomic E-state index is 0.113. The maximum absolute atomic E-state index is 13.0. The van der Waals surface area contributed by atoms with E-state index in [1.807, 2.05) is 0 Å². The summed E-state index contributed by atoms with van der Waals surface area (Å²) in [5.41, 5.74) is -0.145. The summed E-state index contributed by atoms with van der Waals surface area (Å²) in [4.78, 5) is 11.3. The van der Waals surface area contributed by atoms with Gasteiger partial charge >= 0.3 is 12.1 Å². The Morgan fingerprint density at radius 3 is 2.42 bits per heavy atom. The zero-order valence-corrected chi connectivity index (χ0v) is 13.4. The van der Waals surface area contributed by atoms with E-state index in [2.05, 4.69) is 4.74 Å². The standard InChI is InChI=1S/C17H14ClF3O3/c1-23-15(22)10-24-16(11-5-3-2-4-6-11)13-9-12(17(19,20)21)7-8-14(13)18/h2-9,16H,10H2,1H3. The van der Waals surface area contributed by atoms with Gasteiger partial charge < -0.3 is 9.47 Å². The molecular formula is C17H14ClF3O3. The van der Waals surface area contributed by atoms with Gasteiger partial charge in [-0.2, -0.15) is 13.2 Å². The van der Waals surface area contributed by atoms with Gasteiger partial charge in [-0.15, -0.1) is 0 Å². The summed E-state index contributed by atoms with van der Waals surface area (Å²) in [6.07, 6.45) is -5.44. The van der Waals surface area contributed by atoms with Crippen molar-refractivity contribution in [2.75, 3.05) is 13.7 Å². The van der Waals surface area contributed by atoms with Crippen molar-refractivity contribution in [1.29, 1.82) is 0 Å². The molecule has 0 aliphatic rings. The Morgan fingerprint density at radius 1 is 1.17 bits per heavy atom. The smallest absolute Gasteiger partial charge is 0.416 e. The van der Waals surface area contributed by atoms with Crippen molar-refractivity contribution in [2.45, 2.75) is 12.3 Å². The molecule has 2 aromatic rings. The van der Waals surface area contributed by atoms with Gasteiger partial charge in [-0.25, -0.2) is 4.79 Å². The molecule has 0 amide bonds. The molecule has 0 fully saturated rings. The van der Waals surface area contributed by atoms with Crippen molar-refractivity contribution in [2.24, 2.45) is 0 Å². The third-order valence-corrected chi connectivity index (χ3v) is 3.65. The highest BCUT2D eigenvalue weighted by Gasteiger charge is 2.32. The molecule has 0 aliphatic heterocycles. The molecule has 0 N–H and O–H groups in total. The number of alkyl halides is 3. The summed E-state index contributed by atoms with van der Waals surface area (Å²) in [5.74, 6) is -0.640. The second-order valence-corrected chi connectivity index (χ2v) is 5.32. The summed E-state index contributed by atoms with van der Waals surface area (Å²) in [6, 6.07) is 11.5. The van der Waals surface area contributed by atoms with E-state index in [1.165, 1.54) is 7.11 Å². The Morgan fingerprint density at radius 2 is 1.83 bits per heavy atom. The van der Waals surface area contributed by atoms with Gasteiger partial charge in [0, 0.05) is 10.6 Å². The number of halogens is 4. The van der Waals surface area contributed by atoms with Crippen LogP contribution >= 0.6 is 11.6 Å². The average Bonchev–Trinajstić information content (AvgIpc) is 2.56. The van der Waals surface area contributed by atoms with Gasteiger partial charge in [0.25, 0.3) is 0 Å². The molecule has 0 radical (unpaired) electrons. The zero-order chi connectivity index (χ0) is 17.7. The summed E-state index contributed by atoms with van der Waals surface area (Å²) >= 11 is 6.08. The van der Waals surface area contributed by atoms with Crippen LogP contribution in [0.15, 0.2) is 48.5 Å². The fourth-order valence-corrected chi connectivity index (χ4v) is 2.34. The van der Waals surface area contributed by atoms with Gasteiger partial charge in [0.2, 0.25) is 0 Å². The second kappa shape index (κ2) is 7.68. The molecular weight excluding hydrogens is 345 g/mol. The number of esters is 1. The van der Waals surface area contributed by atoms with Crippen LogP contribution in [0, 0.1) is 0 Å². The number of carbonyl (C=O) groups is 1. The molecule has 0 spiro atoms. The Kier molecular flexibility index (Phi) is 5.85. The number of hydrogen-bond donors (Lipinski definition) is 0. The predicted octanol–water partition coefficient (Wildman–Crippen LogP) is 4.64. The number of carbonyl (C=O) groups excluding carboxylic acids is 1. The quantitative estimate of drug-likeness (QED) is 0.730.